The number of halogens is 1. The predicted molar refractivity (Wildman–Crippen MR) is 83.9 cm³/mol. The fraction of sp³-hybridized carbons (Fsp3) is 0.111. The highest BCUT2D eigenvalue weighted by molar-refractivity contribution is 6.07. The summed E-state index contributed by atoms with van der Waals surface area (Å²) in [4.78, 5) is 12.0. The van der Waals surface area contributed by atoms with Gasteiger partial charge in [-0.05, 0) is 35.9 Å². The Bertz CT molecular complexity index is 778. The van der Waals surface area contributed by atoms with Gasteiger partial charge in [0.25, 0.3) is 0 Å². The Morgan fingerprint density at radius 2 is 2.04 bits per heavy atom. The minimum absolute atomic E-state index is 0.0182. The molecule has 0 unspecified atom stereocenters. The largest absolute Gasteiger partial charge is 0.493 e. The lowest BCUT2D eigenvalue weighted by molar-refractivity contribution is 0.104. The summed E-state index contributed by atoms with van der Waals surface area (Å²) in [6.45, 7) is -0.0860. The number of ketones is 1. The van der Waals surface area contributed by atoms with Crippen molar-refractivity contribution in [1.29, 1.82) is 5.26 Å². The van der Waals surface area contributed by atoms with E-state index in [0.717, 1.165) is 0 Å². The van der Waals surface area contributed by atoms with Crippen molar-refractivity contribution < 1.29 is 18.7 Å². The number of hydrogen-bond acceptors (Lipinski definition) is 4. The highest BCUT2D eigenvalue weighted by Gasteiger charge is 2.08. The van der Waals surface area contributed by atoms with Crippen LogP contribution in [-0.4, -0.2) is 19.5 Å². The van der Waals surface area contributed by atoms with E-state index in [1.807, 2.05) is 6.07 Å². The molecule has 0 aliphatic rings. The second-order valence-corrected chi connectivity index (χ2v) is 4.53. The van der Waals surface area contributed by atoms with Crippen LogP contribution < -0.4 is 9.47 Å². The number of methoxy groups -OCH3 is 1. The summed E-state index contributed by atoms with van der Waals surface area (Å²) >= 11 is 0. The van der Waals surface area contributed by atoms with Gasteiger partial charge in [-0.25, -0.2) is 4.39 Å². The van der Waals surface area contributed by atoms with Gasteiger partial charge in [0.1, 0.15) is 11.9 Å². The molecule has 0 radical (unpaired) electrons. The van der Waals surface area contributed by atoms with Gasteiger partial charge in [0, 0.05) is 0 Å². The van der Waals surface area contributed by atoms with Gasteiger partial charge in [-0.2, -0.15) is 5.26 Å². The molecular weight excluding hydrogens is 297 g/mol. The molecule has 0 saturated carbocycles. The predicted octanol–water partition coefficient (Wildman–Crippen LogP) is 3.63. The lowest BCUT2D eigenvalue weighted by Gasteiger charge is -2.08. The second kappa shape index (κ2) is 7.76. The monoisotopic (exact) mass is 311 g/mol. The van der Waals surface area contributed by atoms with Gasteiger partial charge in [-0.15, -0.1) is 0 Å². The van der Waals surface area contributed by atoms with Crippen molar-refractivity contribution in [2.75, 3.05) is 13.7 Å². The number of nitrogens with zero attached hydrogens (tertiary/aromatic N) is 1. The molecule has 116 valence electrons. The maximum atomic E-state index is 13.5. The zero-order chi connectivity index (χ0) is 16.7. The molecule has 0 aliphatic heterocycles. The van der Waals surface area contributed by atoms with Crippen molar-refractivity contribution in [1.82, 2.24) is 0 Å². The molecule has 0 aliphatic carbocycles. The van der Waals surface area contributed by atoms with Gasteiger partial charge in [-0.3, -0.25) is 4.79 Å². The number of benzene rings is 2. The number of carbonyl (C=O) groups is 1. The average Bonchev–Trinajstić information content (AvgIpc) is 2.58. The van der Waals surface area contributed by atoms with Gasteiger partial charge in [0.05, 0.1) is 12.7 Å². The van der Waals surface area contributed by atoms with Gasteiger partial charge in [-0.1, -0.05) is 24.3 Å². The molecule has 23 heavy (non-hydrogen) atoms. The van der Waals surface area contributed by atoms with Crippen LogP contribution in [0.1, 0.15) is 15.9 Å². The number of hydrogen-bond donors (Lipinski definition) is 0. The third kappa shape index (κ3) is 4.17. The molecule has 0 atom stereocenters. The van der Waals surface area contributed by atoms with Gasteiger partial charge >= 0.3 is 0 Å². The number of ether oxygens (including phenoxy) is 2. The van der Waals surface area contributed by atoms with Gasteiger partial charge in [0.15, 0.2) is 23.9 Å². The van der Waals surface area contributed by atoms with Crippen molar-refractivity contribution in [2.45, 2.75) is 0 Å². The number of nitriles is 1. The molecule has 2 aromatic rings. The van der Waals surface area contributed by atoms with Crippen LogP contribution >= 0.6 is 0 Å². The third-order valence-corrected chi connectivity index (χ3v) is 3.05. The normalized spacial score (nSPS) is 10.3. The van der Waals surface area contributed by atoms with Crippen molar-refractivity contribution in [3.8, 4) is 17.6 Å². The van der Waals surface area contributed by atoms with Crippen LogP contribution in [-0.2, 0) is 0 Å². The van der Waals surface area contributed by atoms with E-state index in [4.69, 9.17) is 14.7 Å². The quantitative estimate of drug-likeness (QED) is 0.604. The Labute approximate surface area is 133 Å². The summed E-state index contributed by atoms with van der Waals surface area (Å²) in [6.07, 6.45) is 2.86. The maximum absolute atomic E-state index is 13.5. The summed E-state index contributed by atoms with van der Waals surface area (Å²) in [5.74, 6) is -0.0979. The van der Waals surface area contributed by atoms with Crippen LogP contribution in [0.15, 0.2) is 48.5 Å². The van der Waals surface area contributed by atoms with Gasteiger partial charge < -0.3 is 9.47 Å². The topological polar surface area (TPSA) is 59.3 Å². The fourth-order valence-electron chi connectivity index (χ4n) is 1.94. The molecule has 0 amide bonds. The van der Waals surface area contributed by atoms with E-state index in [1.54, 1.807) is 30.3 Å². The first-order valence-corrected chi connectivity index (χ1v) is 6.80. The van der Waals surface area contributed by atoms with Crippen molar-refractivity contribution >= 4 is 11.9 Å². The molecule has 0 N–H and O–H groups in total. The minimum Gasteiger partial charge on any atom is -0.493 e. The molecule has 0 spiro atoms. The smallest absolute Gasteiger partial charge is 0.188 e. The molecule has 0 heterocycles. The van der Waals surface area contributed by atoms with Crippen molar-refractivity contribution in [3.05, 3.63) is 65.5 Å². The van der Waals surface area contributed by atoms with Crippen LogP contribution in [0, 0.1) is 17.1 Å². The molecule has 0 saturated heterocycles. The number of carbonyl (C=O) groups excluding carboxylic acids is 1. The van der Waals surface area contributed by atoms with E-state index in [-0.39, 0.29) is 12.2 Å². The molecule has 0 bridgehead atoms. The molecule has 5 heteroatoms. The summed E-state index contributed by atoms with van der Waals surface area (Å²) in [7, 11) is 1.48. The number of allylic oxidation sites excluding steroid dienone is 1. The van der Waals surface area contributed by atoms with Crippen molar-refractivity contribution in [2.24, 2.45) is 0 Å². The average molecular weight is 311 g/mol. The van der Waals surface area contributed by atoms with E-state index < -0.39 is 11.6 Å². The summed E-state index contributed by atoms with van der Waals surface area (Å²) < 4.78 is 23.9. The Morgan fingerprint density at radius 1 is 1.26 bits per heavy atom. The number of rotatable bonds is 6. The highest BCUT2D eigenvalue weighted by atomic mass is 19.1. The molecule has 2 rings (SSSR count). The fourth-order valence-corrected chi connectivity index (χ4v) is 1.94. The second-order valence-electron chi connectivity index (χ2n) is 4.53. The van der Waals surface area contributed by atoms with Crippen LogP contribution in [0.25, 0.3) is 6.08 Å². The van der Waals surface area contributed by atoms with E-state index in [0.29, 0.717) is 17.1 Å². The maximum Gasteiger partial charge on any atom is 0.188 e. The van der Waals surface area contributed by atoms with Crippen LogP contribution in [0.2, 0.25) is 0 Å². The lowest BCUT2D eigenvalue weighted by Crippen LogP contribution is -1.98. The van der Waals surface area contributed by atoms with Crippen molar-refractivity contribution in [3.63, 3.8) is 0 Å². The first kappa shape index (κ1) is 16.2. The Hall–Kier alpha value is -3.13. The molecular formula is C18H14FNO3. The van der Waals surface area contributed by atoms with Crippen LogP contribution in [0.4, 0.5) is 4.39 Å². The summed E-state index contributed by atoms with van der Waals surface area (Å²) in [6, 6.07) is 12.7. The standard InChI is InChI=1S/C18H14FNO3/c1-22-18-12-13(7-9-17(18)23-11-10-20)6-8-16(21)14-4-2-3-5-15(14)19/h2-9,12H,11H2,1H3. The molecule has 0 fully saturated rings. The van der Waals surface area contributed by atoms with Crippen LogP contribution in [0.5, 0.6) is 11.5 Å². The molecule has 0 aromatic heterocycles. The highest BCUT2D eigenvalue weighted by Crippen LogP contribution is 2.28. The van der Waals surface area contributed by atoms with E-state index in [1.165, 1.54) is 31.4 Å². The van der Waals surface area contributed by atoms with E-state index in [2.05, 4.69) is 0 Å². The summed E-state index contributed by atoms with van der Waals surface area (Å²) in [5.41, 5.74) is 0.709. The third-order valence-electron chi connectivity index (χ3n) is 3.05. The SMILES string of the molecule is COc1cc(C=CC(=O)c2ccccc2F)ccc1OCC#N. The first-order chi connectivity index (χ1) is 11.2. The minimum atomic E-state index is -0.556. The van der Waals surface area contributed by atoms with E-state index in [9.17, 15) is 9.18 Å². The zero-order valence-corrected chi connectivity index (χ0v) is 12.5. The molecule has 2 aromatic carbocycles. The first-order valence-electron chi connectivity index (χ1n) is 6.80. The molecule has 4 nitrogen and oxygen atoms in total. The summed E-state index contributed by atoms with van der Waals surface area (Å²) in [5, 5.41) is 8.53. The Balaban J connectivity index is 2.18. The lowest BCUT2D eigenvalue weighted by atomic mass is 10.1. The zero-order valence-electron chi connectivity index (χ0n) is 12.5. The Kier molecular flexibility index (Phi) is 5.48. The van der Waals surface area contributed by atoms with Gasteiger partial charge in [0.2, 0.25) is 0 Å². The Morgan fingerprint density at radius 3 is 2.74 bits per heavy atom. The van der Waals surface area contributed by atoms with E-state index >= 15 is 0 Å². The van der Waals surface area contributed by atoms with Crippen LogP contribution in [0.3, 0.4) is 0 Å².